The van der Waals surface area contributed by atoms with E-state index in [-0.39, 0.29) is 29.0 Å². The first-order valence-electron chi connectivity index (χ1n) is 6.81. The van der Waals surface area contributed by atoms with Crippen LogP contribution in [0.1, 0.15) is 43.5 Å². The maximum Gasteiger partial charge on any atom is 0.255 e. The predicted octanol–water partition coefficient (Wildman–Crippen LogP) is 2.65. The van der Waals surface area contributed by atoms with Crippen LogP contribution in [0, 0.1) is 11.8 Å². The molecule has 104 valence electrons. The van der Waals surface area contributed by atoms with Gasteiger partial charge in [0.1, 0.15) is 0 Å². The number of hydrogen-bond acceptors (Lipinski definition) is 3. The number of benzene rings is 1. The number of phenolic OH excluding ortho intramolecular Hbond substituents is 2. The van der Waals surface area contributed by atoms with E-state index < -0.39 is 0 Å². The van der Waals surface area contributed by atoms with Gasteiger partial charge < -0.3 is 15.5 Å². The SMILES string of the molecule is CC1CCC(NC(=O)c2cccc(O)c2O)CC1C. The number of para-hydroxylation sites is 1. The van der Waals surface area contributed by atoms with E-state index >= 15 is 0 Å². The van der Waals surface area contributed by atoms with Crippen LogP contribution in [0.5, 0.6) is 11.5 Å². The second-order valence-electron chi connectivity index (χ2n) is 5.61. The van der Waals surface area contributed by atoms with Crippen molar-refractivity contribution in [2.45, 2.75) is 39.2 Å². The maximum atomic E-state index is 12.1. The summed E-state index contributed by atoms with van der Waals surface area (Å²) in [5, 5.41) is 22.0. The Kier molecular flexibility index (Phi) is 3.98. The molecule has 1 amide bonds. The molecule has 0 radical (unpaired) electrons. The van der Waals surface area contributed by atoms with Crippen LogP contribution >= 0.6 is 0 Å². The quantitative estimate of drug-likeness (QED) is 0.718. The first-order chi connectivity index (χ1) is 8.99. The molecule has 4 nitrogen and oxygen atoms in total. The molecule has 0 saturated heterocycles. The lowest BCUT2D eigenvalue weighted by Crippen LogP contribution is -2.39. The molecule has 1 aliphatic carbocycles. The zero-order valence-electron chi connectivity index (χ0n) is 11.4. The van der Waals surface area contributed by atoms with E-state index in [1.807, 2.05) is 0 Å². The van der Waals surface area contributed by atoms with E-state index in [1.54, 1.807) is 6.07 Å². The van der Waals surface area contributed by atoms with Crippen molar-refractivity contribution in [2.24, 2.45) is 11.8 Å². The molecule has 19 heavy (non-hydrogen) atoms. The van der Waals surface area contributed by atoms with Gasteiger partial charge in [0.15, 0.2) is 11.5 Å². The van der Waals surface area contributed by atoms with E-state index in [1.165, 1.54) is 12.1 Å². The molecule has 1 fully saturated rings. The molecule has 1 saturated carbocycles. The fourth-order valence-electron chi connectivity index (χ4n) is 2.66. The van der Waals surface area contributed by atoms with Crippen molar-refractivity contribution in [3.8, 4) is 11.5 Å². The van der Waals surface area contributed by atoms with Crippen molar-refractivity contribution < 1.29 is 15.0 Å². The normalized spacial score (nSPS) is 26.9. The number of carbonyl (C=O) groups is 1. The van der Waals surface area contributed by atoms with Gasteiger partial charge in [-0.1, -0.05) is 19.9 Å². The van der Waals surface area contributed by atoms with Gasteiger partial charge in [0, 0.05) is 6.04 Å². The average molecular weight is 263 g/mol. The summed E-state index contributed by atoms with van der Waals surface area (Å²) >= 11 is 0. The van der Waals surface area contributed by atoms with Crippen LogP contribution in [0.4, 0.5) is 0 Å². The third-order valence-electron chi connectivity index (χ3n) is 4.19. The molecule has 3 atom stereocenters. The van der Waals surface area contributed by atoms with Gasteiger partial charge in [0.25, 0.3) is 5.91 Å². The highest BCUT2D eigenvalue weighted by Gasteiger charge is 2.26. The standard InChI is InChI=1S/C15H21NO3/c1-9-6-7-11(8-10(9)2)16-15(19)12-4-3-5-13(17)14(12)18/h3-5,9-11,17-18H,6-8H2,1-2H3,(H,16,19). The second-order valence-corrected chi connectivity index (χ2v) is 5.61. The Morgan fingerprint density at radius 3 is 2.63 bits per heavy atom. The van der Waals surface area contributed by atoms with Crippen LogP contribution < -0.4 is 5.32 Å². The smallest absolute Gasteiger partial charge is 0.255 e. The largest absolute Gasteiger partial charge is 0.504 e. The summed E-state index contributed by atoms with van der Waals surface area (Å²) < 4.78 is 0. The van der Waals surface area contributed by atoms with Crippen molar-refractivity contribution in [3.05, 3.63) is 23.8 Å². The van der Waals surface area contributed by atoms with E-state index in [0.717, 1.165) is 19.3 Å². The molecule has 0 aliphatic heterocycles. The molecule has 0 aromatic heterocycles. The summed E-state index contributed by atoms with van der Waals surface area (Å²) in [7, 11) is 0. The summed E-state index contributed by atoms with van der Waals surface area (Å²) in [4.78, 5) is 12.1. The first-order valence-corrected chi connectivity index (χ1v) is 6.81. The molecule has 0 spiro atoms. The van der Waals surface area contributed by atoms with Crippen molar-refractivity contribution in [1.82, 2.24) is 5.32 Å². The van der Waals surface area contributed by atoms with Crippen molar-refractivity contribution in [2.75, 3.05) is 0 Å². The Bertz CT molecular complexity index is 472. The Hall–Kier alpha value is -1.71. The summed E-state index contributed by atoms with van der Waals surface area (Å²) in [5.74, 6) is 0.356. The van der Waals surface area contributed by atoms with E-state index in [4.69, 9.17) is 0 Å². The van der Waals surface area contributed by atoms with Gasteiger partial charge in [-0.15, -0.1) is 0 Å². The summed E-state index contributed by atoms with van der Waals surface area (Å²) in [6.07, 6.45) is 3.04. The highest BCUT2D eigenvalue weighted by Crippen LogP contribution is 2.31. The van der Waals surface area contributed by atoms with Crippen molar-refractivity contribution >= 4 is 5.91 Å². The van der Waals surface area contributed by atoms with Crippen LogP contribution in [-0.2, 0) is 0 Å². The van der Waals surface area contributed by atoms with Crippen LogP contribution in [0.3, 0.4) is 0 Å². The molecular weight excluding hydrogens is 242 g/mol. The zero-order chi connectivity index (χ0) is 14.0. The lowest BCUT2D eigenvalue weighted by molar-refractivity contribution is 0.0907. The third-order valence-corrected chi connectivity index (χ3v) is 4.19. The lowest BCUT2D eigenvalue weighted by atomic mass is 9.79. The minimum atomic E-state index is -0.350. The summed E-state index contributed by atoms with van der Waals surface area (Å²) in [6, 6.07) is 4.58. The molecule has 3 N–H and O–H groups in total. The molecule has 1 aliphatic rings. The third kappa shape index (κ3) is 3.00. The summed E-state index contributed by atoms with van der Waals surface area (Å²) in [6.45, 7) is 4.44. The molecular formula is C15H21NO3. The fraction of sp³-hybridized carbons (Fsp3) is 0.533. The molecule has 0 bridgehead atoms. The monoisotopic (exact) mass is 263 g/mol. The number of amides is 1. The highest BCUT2D eigenvalue weighted by molar-refractivity contribution is 5.97. The minimum absolute atomic E-state index is 0.131. The summed E-state index contributed by atoms with van der Waals surface area (Å²) in [5.41, 5.74) is 0.131. The van der Waals surface area contributed by atoms with Gasteiger partial charge >= 0.3 is 0 Å². The number of nitrogens with one attached hydrogen (secondary N) is 1. The van der Waals surface area contributed by atoms with Gasteiger partial charge in [0.2, 0.25) is 0 Å². The van der Waals surface area contributed by atoms with Gasteiger partial charge in [0.05, 0.1) is 5.56 Å². The highest BCUT2D eigenvalue weighted by atomic mass is 16.3. The Morgan fingerprint density at radius 2 is 1.95 bits per heavy atom. The van der Waals surface area contributed by atoms with Crippen LogP contribution in [0.2, 0.25) is 0 Å². The Balaban J connectivity index is 2.03. The van der Waals surface area contributed by atoms with E-state index in [2.05, 4.69) is 19.2 Å². The van der Waals surface area contributed by atoms with Crippen LogP contribution in [0.25, 0.3) is 0 Å². The zero-order valence-corrected chi connectivity index (χ0v) is 11.4. The molecule has 3 unspecified atom stereocenters. The van der Waals surface area contributed by atoms with E-state index in [9.17, 15) is 15.0 Å². The Morgan fingerprint density at radius 1 is 1.21 bits per heavy atom. The van der Waals surface area contributed by atoms with E-state index in [0.29, 0.717) is 11.8 Å². The van der Waals surface area contributed by atoms with Gasteiger partial charge in [-0.3, -0.25) is 4.79 Å². The molecule has 1 aromatic rings. The Labute approximate surface area is 113 Å². The average Bonchev–Trinajstić information content (AvgIpc) is 2.37. The second kappa shape index (κ2) is 5.51. The lowest BCUT2D eigenvalue weighted by Gasteiger charge is -2.32. The first kappa shape index (κ1) is 13.7. The molecule has 0 heterocycles. The van der Waals surface area contributed by atoms with Crippen molar-refractivity contribution in [3.63, 3.8) is 0 Å². The van der Waals surface area contributed by atoms with Crippen LogP contribution in [0.15, 0.2) is 18.2 Å². The van der Waals surface area contributed by atoms with Gasteiger partial charge in [-0.05, 0) is 43.2 Å². The number of rotatable bonds is 2. The topological polar surface area (TPSA) is 69.6 Å². The number of carbonyl (C=O) groups excluding carboxylic acids is 1. The molecule has 1 aromatic carbocycles. The maximum absolute atomic E-state index is 12.1. The molecule has 4 heteroatoms. The van der Waals surface area contributed by atoms with Crippen molar-refractivity contribution in [1.29, 1.82) is 0 Å². The molecule has 2 rings (SSSR count). The van der Waals surface area contributed by atoms with Gasteiger partial charge in [-0.2, -0.15) is 0 Å². The predicted molar refractivity (Wildman–Crippen MR) is 73.2 cm³/mol. The minimum Gasteiger partial charge on any atom is -0.504 e. The number of phenols is 2. The van der Waals surface area contributed by atoms with Gasteiger partial charge in [-0.25, -0.2) is 0 Å². The number of hydrogen-bond donors (Lipinski definition) is 3. The van der Waals surface area contributed by atoms with Crippen LogP contribution in [-0.4, -0.2) is 22.2 Å². The fourth-order valence-corrected chi connectivity index (χ4v) is 2.66. The number of aromatic hydroxyl groups is 2.